The zero-order valence-corrected chi connectivity index (χ0v) is 9.66. The fraction of sp³-hybridized carbons (Fsp3) is 0.0769. The van der Waals surface area contributed by atoms with Gasteiger partial charge in [0, 0.05) is 16.3 Å². The molecule has 0 heterocycles. The van der Waals surface area contributed by atoms with Crippen molar-refractivity contribution in [2.24, 2.45) is 0 Å². The Morgan fingerprint density at radius 1 is 1.12 bits per heavy atom. The van der Waals surface area contributed by atoms with Crippen LogP contribution in [0.15, 0.2) is 42.5 Å². The van der Waals surface area contributed by atoms with Crippen molar-refractivity contribution in [1.82, 2.24) is 0 Å². The molecule has 0 saturated carbocycles. The molecule has 0 spiro atoms. The molecule has 0 bridgehead atoms. The zero-order valence-electron chi connectivity index (χ0n) is 8.91. The van der Waals surface area contributed by atoms with Gasteiger partial charge in [0.05, 0.1) is 7.11 Å². The Balaban J connectivity index is 2.58. The van der Waals surface area contributed by atoms with Crippen molar-refractivity contribution < 1.29 is 4.74 Å². The highest BCUT2D eigenvalue weighted by molar-refractivity contribution is 6.30. The molecule has 0 fully saturated rings. The molecular weight excluding hydrogens is 222 g/mol. The lowest BCUT2D eigenvalue weighted by molar-refractivity contribution is 0.416. The Hall–Kier alpha value is -1.67. The predicted octanol–water partition coefficient (Wildman–Crippen LogP) is 3.60. The van der Waals surface area contributed by atoms with Gasteiger partial charge in [-0.25, -0.2) is 0 Å². The van der Waals surface area contributed by atoms with Gasteiger partial charge in [-0.2, -0.15) is 0 Å². The number of nitrogens with two attached hydrogens (primary N) is 1. The van der Waals surface area contributed by atoms with Gasteiger partial charge in [-0.1, -0.05) is 23.7 Å². The highest BCUT2D eigenvalue weighted by Crippen LogP contribution is 2.32. The molecule has 2 rings (SSSR count). The van der Waals surface area contributed by atoms with Crippen molar-refractivity contribution >= 4 is 17.3 Å². The Morgan fingerprint density at radius 3 is 2.62 bits per heavy atom. The molecule has 2 nitrogen and oxygen atoms in total. The summed E-state index contributed by atoms with van der Waals surface area (Å²) in [6.45, 7) is 0. The maximum atomic E-state index is 5.96. The number of hydrogen-bond acceptors (Lipinski definition) is 2. The molecule has 2 aromatic carbocycles. The van der Waals surface area contributed by atoms with Gasteiger partial charge in [-0.3, -0.25) is 0 Å². The predicted molar refractivity (Wildman–Crippen MR) is 67.9 cm³/mol. The maximum Gasteiger partial charge on any atom is 0.126 e. The fourth-order valence-electron chi connectivity index (χ4n) is 1.61. The molecule has 2 N–H and O–H groups in total. The average molecular weight is 234 g/mol. The lowest BCUT2D eigenvalue weighted by Crippen LogP contribution is -1.91. The fourth-order valence-corrected chi connectivity index (χ4v) is 1.80. The molecule has 0 aliphatic heterocycles. The number of halogens is 1. The van der Waals surface area contributed by atoms with Crippen LogP contribution < -0.4 is 10.5 Å². The normalized spacial score (nSPS) is 10.1. The zero-order chi connectivity index (χ0) is 11.5. The number of benzene rings is 2. The van der Waals surface area contributed by atoms with Crippen molar-refractivity contribution in [1.29, 1.82) is 0 Å². The van der Waals surface area contributed by atoms with Crippen LogP contribution in [0.5, 0.6) is 5.75 Å². The molecule has 0 aliphatic rings. The number of hydrogen-bond donors (Lipinski definition) is 1. The summed E-state index contributed by atoms with van der Waals surface area (Å²) in [5.74, 6) is 0.788. The lowest BCUT2D eigenvalue weighted by atomic mass is 10.0. The number of anilines is 1. The van der Waals surface area contributed by atoms with Gasteiger partial charge in [0.15, 0.2) is 0 Å². The first-order valence-electron chi connectivity index (χ1n) is 4.90. The second-order valence-electron chi connectivity index (χ2n) is 3.47. The van der Waals surface area contributed by atoms with E-state index in [0.29, 0.717) is 10.7 Å². The van der Waals surface area contributed by atoms with Gasteiger partial charge >= 0.3 is 0 Å². The number of methoxy groups -OCH3 is 1. The van der Waals surface area contributed by atoms with E-state index in [9.17, 15) is 0 Å². The Bertz CT molecular complexity index is 511. The van der Waals surface area contributed by atoms with Crippen LogP contribution in [0.25, 0.3) is 11.1 Å². The minimum atomic E-state index is 0.696. The number of nitrogen functional groups attached to an aromatic ring is 1. The SMILES string of the molecule is COc1ccc(N)cc1-c1cccc(Cl)c1. The Morgan fingerprint density at radius 2 is 1.94 bits per heavy atom. The third-order valence-corrected chi connectivity index (χ3v) is 2.59. The van der Waals surface area contributed by atoms with Gasteiger partial charge in [-0.05, 0) is 35.9 Å². The summed E-state index contributed by atoms with van der Waals surface area (Å²) >= 11 is 5.96. The number of rotatable bonds is 2. The molecule has 82 valence electrons. The molecule has 16 heavy (non-hydrogen) atoms. The first kappa shape index (κ1) is 10.8. The van der Waals surface area contributed by atoms with E-state index in [1.807, 2.05) is 42.5 Å². The molecule has 0 amide bonds. The van der Waals surface area contributed by atoms with Gasteiger partial charge in [0.2, 0.25) is 0 Å². The largest absolute Gasteiger partial charge is 0.496 e. The molecule has 0 saturated heterocycles. The van der Waals surface area contributed by atoms with E-state index in [-0.39, 0.29) is 0 Å². The van der Waals surface area contributed by atoms with Crippen molar-refractivity contribution in [3.05, 3.63) is 47.5 Å². The van der Waals surface area contributed by atoms with E-state index in [0.717, 1.165) is 16.9 Å². The highest BCUT2D eigenvalue weighted by Gasteiger charge is 2.06. The molecule has 0 radical (unpaired) electrons. The van der Waals surface area contributed by atoms with Gasteiger partial charge in [0.25, 0.3) is 0 Å². The Labute approximate surface area is 99.6 Å². The average Bonchev–Trinajstić information content (AvgIpc) is 2.29. The summed E-state index contributed by atoms with van der Waals surface area (Å²) in [5.41, 5.74) is 8.42. The number of ether oxygens (including phenoxy) is 1. The van der Waals surface area contributed by atoms with Crippen LogP contribution in [-0.2, 0) is 0 Å². The van der Waals surface area contributed by atoms with Gasteiger partial charge < -0.3 is 10.5 Å². The Kier molecular flexibility index (Phi) is 3.02. The van der Waals surface area contributed by atoms with E-state index < -0.39 is 0 Å². The maximum absolute atomic E-state index is 5.96. The first-order valence-corrected chi connectivity index (χ1v) is 5.28. The van der Waals surface area contributed by atoms with Crippen molar-refractivity contribution in [3.63, 3.8) is 0 Å². The van der Waals surface area contributed by atoms with Gasteiger partial charge in [0.1, 0.15) is 5.75 Å². The third-order valence-electron chi connectivity index (χ3n) is 2.36. The summed E-state index contributed by atoms with van der Waals surface area (Å²) in [6.07, 6.45) is 0. The van der Waals surface area contributed by atoms with Crippen molar-refractivity contribution in [2.75, 3.05) is 12.8 Å². The summed E-state index contributed by atoms with van der Waals surface area (Å²) in [6, 6.07) is 13.1. The second-order valence-corrected chi connectivity index (χ2v) is 3.91. The first-order chi connectivity index (χ1) is 7.70. The van der Waals surface area contributed by atoms with E-state index in [1.165, 1.54) is 0 Å². The van der Waals surface area contributed by atoms with Crippen molar-refractivity contribution in [3.8, 4) is 16.9 Å². The minimum Gasteiger partial charge on any atom is -0.496 e. The quantitative estimate of drug-likeness (QED) is 0.805. The van der Waals surface area contributed by atoms with E-state index in [2.05, 4.69) is 0 Å². The lowest BCUT2D eigenvalue weighted by Gasteiger charge is -2.09. The molecule has 3 heteroatoms. The van der Waals surface area contributed by atoms with Crippen LogP contribution in [0, 0.1) is 0 Å². The molecule has 0 unspecified atom stereocenters. The molecule has 2 aromatic rings. The van der Waals surface area contributed by atoms with Crippen LogP contribution in [-0.4, -0.2) is 7.11 Å². The van der Waals surface area contributed by atoms with E-state index in [1.54, 1.807) is 7.11 Å². The molecule has 0 aliphatic carbocycles. The highest BCUT2D eigenvalue weighted by atomic mass is 35.5. The van der Waals surface area contributed by atoms with E-state index in [4.69, 9.17) is 22.1 Å². The van der Waals surface area contributed by atoms with Crippen LogP contribution in [0.3, 0.4) is 0 Å². The van der Waals surface area contributed by atoms with E-state index >= 15 is 0 Å². The smallest absolute Gasteiger partial charge is 0.126 e. The molecule has 0 aromatic heterocycles. The van der Waals surface area contributed by atoms with Crippen LogP contribution in [0.4, 0.5) is 5.69 Å². The van der Waals surface area contributed by atoms with Crippen LogP contribution in [0.1, 0.15) is 0 Å². The topological polar surface area (TPSA) is 35.2 Å². The molecule has 0 atom stereocenters. The summed E-state index contributed by atoms with van der Waals surface area (Å²) in [4.78, 5) is 0. The summed E-state index contributed by atoms with van der Waals surface area (Å²) in [5, 5.41) is 0.696. The van der Waals surface area contributed by atoms with Crippen LogP contribution in [0.2, 0.25) is 5.02 Å². The summed E-state index contributed by atoms with van der Waals surface area (Å²) < 4.78 is 5.30. The van der Waals surface area contributed by atoms with Crippen LogP contribution >= 0.6 is 11.6 Å². The second kappa shape index (κ2) is 4.45. The van der Waals surface area contributed by atoms with Crippen molar-refractivity contribution in [2.45, 2.75) is 0 Å². The van der Waals surface area contributed by atoms with Gasteiger partial charge in [-0.15, -0.1) is 0 Å². The summed E-state index contributed by atoms with van der Waals surface area (Å²) in [7, 11) is 1.64. The molecular formula is C13H12ClNO. The monoisotopic (exact) mass is 233 g/mol. The standard InChI is InChI=1S/C13H12ClNO/c1-16-13-6-5-11(15)8-12(13)9-3-2-4-10(14)7-9/h2-8H,15H2,1H3. The minimum absolute atomic E-state index is 0.696. The third kappa shape index (κ3) is 2.12.